The van der Waals surface area contributed by atoms with Crippen molar-refractivity contribution in [3.05, 3.63) is 108 Å². The molecule has 0 aliphatic carbocycles. The molecule has 4 aromatic rings. The summed E-state index contributed by atoms with van der Waals surface area (Å²) in [6, 6.07) is 27.6. The number of ether oxygens (including phenoxy) is 1. The van der Waals surface area contributed by atoms with Crippen LogP contribution in [-0.4, -0.2) is 76.6 Å². The van der Waals surface area contributed by atoms with Crippen molar-refractivity contribution in [1.82, 2.24) is 25.1 Å². The molecule has 4 amide bonds. The first kappa shape index (κ1) is 30.5. The van der Waals surface area contributed by atoms with E-state index < -0.39 is 18.2 Å². The van der Waals surface area contributed by atoms with E-state index >= 15 is 0 Å². The number of nitrogens with zero attached hydrogens (tertiary/aromatic N) is 4. The lowest BCUT2D eigenvalue weighted by atomic mass is 9.99. The number of fused-ring (bicyclic) bond motifs is 2. The van der Waals surface area contributed by atoms with Gasteiger partial charge >= 0.3 is 6.03 Å². The number of carbonyl (C=O) groups is 3. The maximum Gasteiger partial charge on any atom is 0.333 e. The number of piperazine rings is 1. The van der Waals surface area contributed by atoms with Gasteiger partial charge in [-0.1, -0.05) is 72.7 Å². The lowest BCUT2D eigenvalue weighted by molar-refractivity contribution is -0.157. The summed E-state index contributed by atoms with van der Waals surface area (Å²) in [5, 5.41) is 8.17. The van der Waals surface area contributed by atoms with Gasteiger partial charge in [0.1, 0.15) is 18.0 Å². The number of amides is 4. The predicted molar refractivity (Wildman–Crippen MR) is 176 cm³/mol. The molecule has 6 rings (SSSR count). The Kier molecular flexibility index (Phi) is 8.76. The van der Waals surface area contributed by atoms with Gasteiger partial charge in [0.2, 0.25) is 11.8 Å². The molecule has 2 aliphatic heterocycles. The van der Waals surface area contributed by atoms with E-state index in [2.05, 4.69) is 11.2 Å². The van der Waals surface area contributed by atoms with Crippen LogP contribution < -0.4 is 15.8 Å². The van der Waals surface area contributed by atoms with E-state index in [1.54, 1.807) is 34.1 Å². The fourth-order valence-corrected chi connectivity index (χ4v) is 6.28. The number of benzene rings is 4. The molecule has 0 bridgehead atoms. The largest absolute Gasteiger partial charge is 0.497 e. The van der Waals surface area contributed by atoms with Gasteiger partial charge < -0.3 is 25.6 Å². The lowest BCUT2D eigenvalue weighted by Crippen LogP contribution is -2.66. The standard InChI is InChI=1S/C36H36N6O4/c1-3-19-40(36(45)38-21-26-13-17-30(46-2)18-14-26)41-24-34(43)42-32(20-25-11-15-29(37)16-12-25)35(44)39(23-33(41)42)22-28-9-6-8-27-7-4-5-10-31(27)28/h1,4-18,32-33H,19-24,37H2,2H3,(H,38,45)/t32-,33+/m0/s1. The van der Waals surface area contributed by atoms with Gasteiger partial charge in [-0.3, -0.25) is 9.59 Å². The van der Waals surface area contributed by atoms with Gasteiger partial charge in [0.15, 0.2) is 0 Å². The smallest absolute Gasteiger partial charge is 0.333 e. The molecule has 2 atom stereocenters. The Morgan fingerprint density at radius 3 is 2.46 bits per heavy atom. The van der Waals surface area contributed by atoms with E-state index in [0.717, 1.165) is 27.5 Å². The second-order valence-electron chi connectivity index (χ2n) is 11.5. The Balaban J connectivity index is 1.30. The van der Waals surface area contributed by atoms with Crippen LogP contribution in [0.1, 0.15) is 16.7 Å². The maximum absolute atomic E-state index is 14.2. The van der Waals surface area contributed by atoms with Crippen LogP contribution >= 0.6 is 0 Å². The number of nitrogens with two attached hydrogens (primary N) is 1. The molecule has 0 aromatic heterocycles. The summed E-state index contributed by atoms with van der Waals surface area (Å²) in [5.74, 6) is 2.89. The summed E-state index contributed by atoms with van der Waals surface area (Å²) in [5.41, 5.74) is 9.29. The van der Waals surface area contributed by atoms with E-state index in [1.165, 1.54) is 5.01 Å². The number of urea groups is 1. The number of rotatable bonds is 9. The van der Waals surface area contributed by atoms with Crippen molar-refractivity contribution in [2.75, 3.05) is 32.5 Å². The van der Waals surface area contributed by atoms with Crippen molar-refractivity contribution < 1.29 is 19.1 Å². The SMILES string of the molecule is C#CCN(C(=O)NCc1ccc(OC)cc1)N1CC(=O)N2[C@@H](Cc3ccc(N)cc3)C(=O)N(Cc3cccc4ccccc34)C[C@@H]21. The minimum atomic E-state index is -0.773. The summed E-state index contributed by atoms with van der Waals surface area (Å²) >= 11 is 0. The van der Waals surface area contributed by atoms with E-state index in [4.69, 9.17) is 16.9 Å². The highest BCUT2D eigenvalue weighted by Crippen LogP contribution is 2.31. The average Bonchev–Trinajstić information content (AvgIpc) is 3.40. The summed E-state index contributed by atoms with van der Waals surface area (Å²) in [6.45, 7) is 0.676. The number of anilines is 1. The van der Waals surface area contributed by atoms with Crippen molar-refractivity contribution >= 4 is 34.3 Å². The molecular weight excluding hydrogens is 580 g/mol. The molecule has 10 nitrogen and oxygen atoms in total. The first-order valence-electron chi connectivity index (χ1n) is 15.2. The molecule has 0 saturated carbocycles. The fraction of sp³-hybridized carbons (Fsp3) is 0.250. The van der Waals surface area contributed by atoms with E-state index in [1.807, 2.05) is 78.9 Å². The zero-order valence-electron chi connectivity index (χ0n) is 25.6. The molecule has 2 heterocycles. The lowest BCUT2D eigenvalue weighted by Gasteiger charge is -2.46. The Labute approximate surface area is 268 Å². The second kappa shape index (κ2) is 13.2. The number of nitrogen functional groups attached to an aromatic ring is 1. The zero-order valence-corrected chi connectivity index (χ0v) is 25.6. The number of hydrogen-bond acceptors (Lipinski definition) is 6. The Morgan fingerprint density at radius 1 is 1.00 bits per heavy atom. The molecule has 0 spiro atoms. The third kappa shape index (κ3) is 6.18. The Bertz CT molecular complexity index is 1780. The quantitative estimate of drug-likeness (QED) is 0.220. The summed E-state index contributed by atoms with van der Waals surface area (Å²) in [7, 11) is 1.59. The van der Waals surface area contributed by atoms with Gasteiger partial charge in [-0.25, -0.2) is 9.80 Å². The van der Waals surface area contributed by atoms with Gasteiger partial charge in [0, 0.05) is 25.2 Å². The van der Waals surface area contributed by atoms with Gasteiger partial charge in [-0.2, -0.15) is 5.01 Å². The number of hydrazine groups is 1. The van der Waals surface area contributed by atoms with Crippen LogP contribution in [0, 0.1) is 12.3 Å². The third-order valence-electron chi connectivity index (χ3n) is 8.60. The van der Waals surface area contributed by atoms with Crippen molar-refractivity contribution in [2.45, 2.75) is 31.7 Å². The summed E-state index contributed by atoms with van der Waals surface area (Å²) in [6.07, 6.45) is 5.44. The van der Waals surface area contributed by atoms with E-state index in [-0.39, 0.29) is 38.0 Å². The Hall–Kier alpha value is -5.53. The number of carbonyl (C=O) groups excluding carboxylic acids is 3. The van der Waals surface area contributed by atoms with Crippen molar-refractivity contribution in [3.8, 4) is 18.1 Å². The molecule has 234 valence electrons. The number of methoxy groups -OCH3 is 1. The average molecular weight is 617 g/mol. The van der Waals surface area contributed by atoms with Crippen LogP contribution in [0.5, 0.6) is 5.75 Å². The van der Waals surface area contributed by atoms with E-state index in [9.17, 15) is 14.4 Å². The molecule has 46 heavy (non-hydrogen) atoms. The van der Waals surface area contributed by atoms with Gasteiger partial charge in [-0.15, -0.1) is 6.42 Å². The molecular formula is C36H36N6O4. The molecule has 2 fully saturated rings. The van der Waals surface area contributed by atoms with Crippen molar-refractivity contribution in [3.63, 3.8) is 0 Å². The molecule has 3 N–H and O–H groups in total. The molecule has 0 radical (unpaired) electrons. The summed E-state index contributed by atoms with van der Waals surface area (Å²) < 4.78 is 5.22. The fourth-order valence-electron chi connectivity index (χ4n) is 6.28. The van der Waals surface area contributed by atoms with Crippen LogP contribution in [0.2, 0.25) is 0 Å². The minimum absolute atomic E-state index is 0.0496. The molecule has 10 heteroatoms. The number of hydrogen-bond donors (Lipinski definition) is 2. The van der Waals surface area contributed by atoms with Crippen molar-refractivity contribution in [2.24, 2.45) is 0 Å². The topological polar surface area (TPSA) is 111 Å². The highest BCUT2D eigenvalue weighted by molar-refractivity contribution is 5.92. The van der Waals surface area contributed by atoms with Crippen LogP contribution in [0.15, 0.2) is 91.0 Å². The molecule has 2 aliphatic rings. The van der Waals surface area contributed by atoms with Crippen LogP contribution in [0.4, 0.5) is 10.5 Å². The van der Waals surface area contributed by atoms with Crippen LogP contribution in [0.25, 0.3) is 10.8 Å². The normalized spacial score (nSPS) is 17.9. The predicted octanol–water partition coefficient (Wildman–Crippen LogP) is 3.61. The highest BCUT2D eigenvalue weighted by atomic mass is 16.5. The minimum Gasteiger partial charge on any atom is -0.497 e. The zero-order chi connectivity index (χ0) is 32.2. The molecule has 0 unspecified atom stereocenters. The number of nitrogens with one attached hydrogen (secondary N) is 1. The molecule has 2 saturated heterocycles. The maximum atomic E-state index is 14.2. The monoisotopic (exact) mass is 616 g/mol. The van der Waals surface area contributed by atoms with E-state index in [0.29, 0.717) is 24.4 Å². The van der Waals surface area contributed by atoms with Crippen LogP contribution in [-0.2, 0) is 29.1 Å². The van der Waals surface area contributed by atoms with Gasteiger partial charge in [0.05, 0.1) is 26.7 Å². The Morgan fingerprint density at radius 2 is 1.72 bits per heavy atom. The number of terminal acetylenes is 1. The first-order valence-corrected chi connectivity index (χ1v) is 15.2. The highest BCUT2D eigenvalue weighted by Gasteiger charge is 2.52. The van der Waals surface area contributed by atoms with Gasteiger partial charge in [-0.05, 0) is 51.7 Å². The molecule has 4 aromatic carbocycles. The third-order valence-corrected chi connectivity index (χ3v) is 8.60. The second-order valence-corrected chi connectivity index (χ2v) is 11.5. The van der Waals surface area contributed by atoms with Crippen molar-refractivity contribution in [1.29, 1.82) is 0 Å². The summed E-state index contributed by atoms with van der Waals surface area (Å²) in [4.78, 5) is 45.0. The van der Waals surface area contributed by atoms with Gasteiger partial charge in [0.25, 0.3) is 0 Å². The van der Waals surface area contributed by atoms with Crippen LogP contribution in [0.3, 0.4) is 0 Å². The first-order chi connectivity index (χ1) is 22.4.